The van der Waals surface area contributed by atoms with E-state index in [1.807, 2.05) is 49.4 Å². The van der Waals surface area contributed by atoms with E-state index in [2.05, 4.69) is 20.6 Å². The van der Waals surface area contributed by atoms with Gasteiger partial charge in [-0.1, -0.05) is 35.9 Å². The van der Waals surface area contributed by atoms with Gasteiger partial charge < -0.3 is 20.3 Å². The van der Waals surface area contributed by atoms with Crippen molar-refractivity contribution in [1.82, 2.24) is 20.2 Å². The number of nitrogens with one attached hydrogen (secondary N) is 2. The zero-order chi connectivity index (χ0) is 24.9. The number of rotatable bonds is 8. The zero-order valence-corrected chi connectivity index (χ0v) is 20.0. The van der Waals surface area contributed by atoms with Crippen LogP contribution in [0.1, 0.15) is 34.5 Å². The lowest BCUT2D eigenvalue weighted by Crippen LogP contribution is -2.38. The fourth-order valence-electron chi connectivity index (χ4n) is 3.86. The van der Waals surface area contributed by atoms with Crippen LogP contribution in [-0.2, 0) is 11.3 Å². The van der Waals surface area contributed by atoms with E-state index >= 15 is 0 Å². The van der Waals surface area contributed by atoms with Gasteiger partial charge in [0.15, 0.2) is 0 Å². The standard InChI is InChI=1S/C25H23ClN6O3/c1-15(16-4-3-5-19(10-16)35-2)30-22(33)14-32-13-18-7-6-17(11-20(18)24(32)34)23-21(26)12-29-25(31-23)28-9-8-27/h3-7,10-12,15H,9,13-14H2,1-2H3,(H,30,33)(H,28,29,31). The molecule has 0 saturated heterocycles. The van der Waals surface area contributed by atoms with Gasteiger partial charge in [0, 0.05) is 17.7 Å². The third-order valence-electron chi connectivity index (χ3n) is 5.64. The van der Waals surface area contributed by atoms with Gasteiger partial charge in [-0.25, -0.2) is 9.97 Å². The second-order valence-corrected chi connectivity index (χ2v) is 8.41. The van der Waals surface area contributed by atoms with Crippen LogP contribution in [0, 0.1) is 11.3 Å². The number of carbonyl (C=O) groups excluding carboxylic acids is 2. The maximum Gasteiger partial charge on any atom is 0.254 e. The quantitative estimate of drug-likeness (QED) is 0.463. The summed E-state index contributed by atoms with van der Waals surface area (Å²) in [4.78, 5) is 35.7. The van der Waals surface area contributed by atoms with Crippen molar-refractivity contribution in [2.45, 2.75) is 19.5 Å². The van der Waals surface area contributed by atoms with Gasteiger partial charge in [0.25, 0.3) is 5.91 Å². The number of carbonyl (C=O) groups is 2. The van der Waals surface area contributed by atoms with Crippen molar-refractivity contribution in [3.05, 3.63) is 70.4 Å². The second-order valence-electron chi connectivity index (χ2n) is 8.00. The Hall–Kier alpha value is -4.16. The van der Waals surface area contributed by atoms with Crippen molar-refractivity contribution in [3.63, 3.8) is 0 Å². The first kappa shape index (κ1) is 24.0. The van der Waals surface area contributed by atoms with Crippen LogP contribution >= 0.6 is 11.6 Å². The molecule has 2 heterocycles. The van der Waals surface area contributed by atoms with Crippen molar-refractivity contribution in [2.75, 3.05) is 25.5 Å². The van der Waals surface area contributed by atoms with Gasteiger partial charge in [-0.2, -0.15) is 5.26 Å². The van der Waals surface area contributed by atoms with Crippen LogP contribution in [0.25, 0.3) is 11.3 Å². The highest BCUT2D eigenvalue weighted by Gasteiger charge is 2.29. The molecule has 3 aromatic rings. The molecule has 178 valence electrons. The maximum absolute atomic E-state index is 13.1. The summed E-state index contributed by atoms with van der Waals surface area (Å²) in [6, 6.07) is 14.6. The Morgan fingerprint density at radius 1 is 1.31 bits per heavy atom. The number of halogens is 1. The Labute approximate surface area is 207 Å². The first-order valence-corrected chi connectivity index (χ1v) is 11.3. The van der Waals surface area contributed by atoms with Crippen LogP contribution in [0.3, 0.4) is 0 Å². The van der Waals surface area contributed by atoms with Crippen LogP contribution in [-0.4, -0.2) is 46.9 Å². The molecule has 4 rings (SSSR count). The molecule has 1 aliphatic heterocycles. The smallest absolute Gasteiger partial charge is 0.254 e. The summed E-state index contributed by atoms with van der Waals surface area (Å²) in [7, 11) is 1.59. The monoisotopic (exact) mass is 490 g/mol. The van der Waals surface area contributed by atoms with E-state index in [9.17, 15) is 9.59 Å². The molecular weight excluding hydrogens is 468 g/mol. The lowest BCUT2D eigenvalue weighted by Gasteiger charge is -2.19. The van der Waals surface area contributed by atoms with E-state index in [4.69, 9.17) is 21.6 Å². The Morgan fingerprint density at radius 2 is 2.14 bits per heavy atom. The molecular formula is C25H23ClN6O3. The Morgan fingerprint density at radius 3 is 2.91 bits per heavy atom. The molecule has 0 radical (unpaired) electrons. The molecule has 0 saturated carbocycles. The van der Waals surface area contributed by atoms with Gasteiger partial charge in [-0.05, 0) is 36.2 Å². The highest BCUT2D eigenvalue weighted by atomic mass is 35.5. The molecule has 0 fully saturated rings. The minimum absolute atomic E-state index is 0.0528. The number of methoxy groups -OCH3 is 1. The van der Waals surface area contributed by atoms with Crippen LogP contribution in [0.4, 0.5) is 5.95 Å². The summed E-state index contributed by atoms with van der Waals surface area (Å²) in [5.41, 5.74) is 3.31. The molecule has 2 N–H and O–H groups in total. The first-order valence-electron chi connectivity index (χ1n) is 10.9. The zero-order valence-electron chi connectivity index (χ0n) is 19.2. The average Bonchev–Trinajstić information content (AvgIpc) is 3.17. The molecule has 10 heteroatoms. The molecule has 35 heavy (non-hydrogen) atoms. The van der Waals surface area contributed by atoms with Gasteiger partial charge in [-0.3, -0.25) is 9.59 Å². The topological polar surface area (TPSA) is 120 Å². The summed E-state index contributed by atoms with van der Waals surface area (Å²) in [6.45, 7) is 2.21. The van der Waals surface area contributed by atoms with Gasteiger partial charge in [0.2, 0.25) is 11.9 Å². The summed E-state index contributed by atoms with van der Waals surface area (Å²) >= 11 is 6.29. The first-order chi connectivity index (χ1) is 16.9. The van der Waals surface area contributed by atoms with Gasteiger partial charge >= 0.3 is 0 Å². The number of nitrogens with zero attached hydrogens (tertiary/aromatic N) is 4. The molecule has 0 spiro atoms. The lowest BCUT2D eigenvalue weighted by molar-refractivity contribution is -0.122. The number of amides is 2. The Bertz CT molecular complexity index is 1320. The van der Waals surface area contributed by atoms with Gasteiger partial charge in [0.05, 0.1) is 36.1 Å². The van der Waals surface area contributed by atoms with E-state index in [-0.39, 0.29) is 36.9 Å². The van der Waals surface area contributed by atoms with Crippen molar-refractivity contribution in [3.8, 4) is 23.1 Å². The van der Waals surface area contributed by atoms with Crippen molar-refractivity contribution >= 4 is 29.4 Å². The fraction of sp³-hybridized carbons (Fsp3) is 0.240. The Kier molecular flexibility index (Phi) is 7.13. The number of aromatic nitrogens is 2. The van der Waals surface area contributed by atoms with Crippen molar-refractivity contribution in [1.29, 1.82) is 5.26 Å². The second kappa shape index (κ2) is 10.4. The molecule has 0 aliphatic carbocycles. The predicted octanol–water partition coefficient (Wildman–Crippen LogP) is 3.57. The van der Waals surface area contributed by atoms with E-state index in [1.165, 1.54) is 11.1 Å². The highest BCUT2D eigenvalue weighted by molar-refractivity contribution is 6.33. The van der Waals surface area contributed by atoms with E-state index in [1.54, 1.807) is 13.2 Å². The molecule has 1 aliphatic rings. The van der Waals surface area contributed by atoms with Crippen molar-refractivity contribution in [2.24, 2.45) is 0 Å². The van der Waals surface area contributed by atoms with Crippen LogP contribution in [0.5, 0.6) is 5.75 Å². The van der Waals surface area contributed by atoms with Crippen LogP contribution in [0.15, 0.2) is 48.7 Å². The number of fused-ring (bicyclic) bond motifs is 1. The van der Waals surface area contributed by atoms with E-state index in [0.29, 0.717) is 34.1 Å². The summed E-state index contributed by atoms with van der Waals surface area (Å²) in [5.74, 6) is 0.482. The van der Waals surface area contributed by atoms with Crippen molar-refractivity contribution < 1.29 is 14.3 Å². The summed E-state index contributed by atoms with van der Waals surface area (Å²) in [5, 5.41) is 14.8. The fourth-order valence-corrected chi connectivity index (χ4v) is 4.06. The van der Waals surface area contributed by atoms with E-state index < -0.39 is 0 Å². The van der Waals surface area contributed by atoms with Crippen LogP contribution in [0.2, 0.25) is 5.02 Å². The third-order valence-corrected chi connectivity index (χ3v) is 5.91. The number of hydrogen-bond donors (Lipinski definition) is 2. The molecule has 2 aromatic carbocycles. The SMILES string of the molecule is COc1cccc(C(C)NC(=O)CN2Cc3ccc(-c4nc(NCC#N)ncc4Cl)cc3C2=O)c1. The number of ether oxygens (including phenoxy) is 1. The van der Waals surface area contributed by atoms with Crippen LogP contribution < -0.4 is 15.4 Å². The molecule has 9 nitrogen and oxygen atoms in total. The largest absolute Gasteiger partial charge is 0.497 e. The summed E-state index contributed by atoms with van der Waals surface area (Å²) in [6.07, 6.45) is 1.44. The lowest BCUT2D eigenvalue weighted by atomic mass is 10.0. The van der Waals surface area contributed by atoms with Gasteiger partial charge in [0.1, 0.15) is 18.8 Å². The number of benzene rings is 2. The highest BCUT2D eigenvalue weighted by Crippen LogP contribution is 2.31. The van der Waals surface area contributed by atoms with Gasteiger partial charge in [-0.15, -0.1) is 0 Å². The molecule has 0 bridgehead atoms. The normalized spacial score (nSPS) is 13.1. The molecule has 2 amide bonds. The number of hydrogen-bond acceptors (Lipinski definition) is 7. The maximum atomic E-state index is 13.1. The Balaban J connectivity index is 1.46. The third kappa shape index (κ3) is 5.34. The molecule has 1 unspecified atom stereocenters. The molecule has 1 aromatic heterocycles. The minimum atomic E-state index is -0.256. The number of nitriles is 1. The predicted molar refractivity (Wildman–Crippen MR) is 131 cm³/mol. The average molecular weight is 491 g/mol. The summed E-state index contributed by atoms with van der Waals surface area (Å²) < 4.78 is 5.24. The minimum Gasteiger partial charge on any atom is -0.497 e. The van der Waals surface area contributed by atoms with E-state index in [0.717, 1.165) is 11.1 Å². The number of anilines is 1. The molecule has 1 atom stereocenters.